The predicted molar refractivity (Wildman–Crippen MR) is 97.0 cm³/mol. The van der Waals surface area contributed by atoms with Gasteiger partial charge in [-0.3, -0.25) is 19.0 Å². The van der Waals surface area contributed by atoms with Gasteiger partial charge in [-0.15, -0.1) is 0 Å². The molecule has 4 atom stereocenters. The summed E-state index contributed by atoms with van der Waals surface area (Å²) in [6, 6.07) is 0. The number of nitrogens with zero attached hydrogens (tertiary/aromatic N) is 4. The van der Waals surface area contributed by atoms with Crippen LogP contribution in [0.4, 0.5) is 0 Å². The second-order valence-corrected chi connectivity index (χ2v) is 6.82. The van der Waals surface area contributed by atoms with Crippen LogP contribution in [0.5, 0.6) is 0 Å². The molecule has 0 saturated carbocycles. The van der Waals surface area contributed by atoms with Crippen LogP contribution in [0.15, 0.2) is 6.33 Å². The minimum absolute atomic E-state index is 0.0212. The van der Waals surface area contributed by atoms with Crippen molar-refractivity contribution in [3.63, 3.8) is 0 Å². The number of aromatic nitrogens is 4. The third-order valence-corrected chi connectivity index (χ3v) is 4.38. The van der Waals surface area contributed by atoms with Crippen LogP contribution in [0, 0.1) is 0 Å². The average Bonchev–Trinajstić information content (AvgIpc) is 3.00. The molecule has 0 spiro atoms. The Labute approximate surface area is 174 Å². The molecule has 0 aromatic carbocycles. The average molecular weight is 447 g/mol. The van der Waals surface area contributed by atoms with Gasteiger partial charge in [-0.1, -0.05) is 11.6 Å². The minimum atomic E-state index is -1.18. The van der Waals surface area contributed by atoms with Crippen molar-refractivity contribution in [2.24, 2.45) is 0 Å². The third kappa shape index (κ3) is 4.57. The van der Waals surface area contributed by atoms with E-state index in [1.165, 1.54) is 31.7 Å². The summed E-state index contributed by atoms with van der Waals surface area (Å²) < 4.78 is 23.1. The van der Waals surface area contributed by atoms with Crippen molar-refractivity contribution in [3.8, 4) is 0 Å². The number of halogens is 2. The Kier molecular flexibility index (Phi) is 6.20. The van der Waals surface area contributed by atoms with Gasteiger partial charge >= 0.3 is 17.9 Å². The molecule has 1 aliphatic heterocycles. The Balaban J connectivity index is 2.06. The van der Waals surface area contributed by atoms with Crippen LogP contribution < -0.4 is 0 Å². The molecule has 4 unspecified atom stereocenters. The molecule has 3 rings (SSSR count). The predicted octanol–water partition coefficient (Wildman–Crippen LogP) is 1.46. The van der Waals surface area contributed by atoms with E-state index >= 15 is 0 Å². The zero-order chi connectivity index (χ0) is 21.3. The molecular weight excluding hydrogens is 431 g/mol. The first-order valence-electron chi connectivity index (χ1n) is 8.36. The highest BCUT2D eigenvalue weighted by Gasteiger charge is 2.48. The van der Waals surface area contributed by atoms with Crippen LogP contribution in [-0.4, -0.2) is 62.3 Å². The molecule has 0 amide bonds. The smallest absolute Gasteiger partial charge is 0.303 e. The van der Waals surface area contributed by atoms with Crippen molar-refractivity contribution in [1.82, 2.24) is 19.5 Å². The third-order valence-electron chi connectivity index (χ3n) is 3.95. The first kappa shape index (κ1) is 21.2. The summed E-state index contributed by atoms with van der Waals surface area (Å²) >= 11 is 11.9. The number of carbonyl (C=O) groups excluding carboxylic acids is 3. The van der Waals surface area contributed by atoms with Crippen LogP contribution in [0.3, 0.4) is 0 Å². The second kappa shape index (κ2) is 8.47. The van der Waals surface area contributed by atoms with Crippen molar-refractivity contribution in [2.75, 3.05) is 6.61 Å². The minimum Gasteiger partial charge on any atom is -0.456 e. The molecule has 0 N–H and O–H groups in total. The maximum Gasteiger partial charge on any atom is 0.303 e. The van der Waals surface area contributed by atoms with Crippen LogP contribution >= 0.6 is 23.2 Å². The molecule has 3 heterocycles. The van der Waals surface area contributed by atoms with Gasteiger partial charge in [-0.25, -0.2) is 9.97 Å². The highest BCUT2D eigenvalue weighted by molar-refractivity contribution is 6.35. The Hall–Kier alpha value is -2.50. The number of esters is 3. The Morgan fingerprint density at radius 3 is 2.28 bits per heavy atom. The maximum atomic E-state index is 11.7. The van der Waals surface area contributed by atoms with Crippen molar-refractivity contribution < 1.29 is 33.3 Å². The molecule has 1 saturated heterocycles. The van der Waals surface area contributed by atoms with E-state index in [0.717, 1.165) is 0 Å². The largest absolute Gasteiger partial charge is 0.456 e. The van der Waals surface area contributed by atoms with E-state index in [1.807, 2.05) is 0 Å². The summed E-state index contributed by atoms with van der Waals surface area (Å²) in [5.74, 6) is -1.94. The fourth-order valence-electron chi connectivity index (χ4n) is 3.00. The van der Waals surface area contributed by atoms with Crippen LogP contribution in [0.2, 0.25) is 10.4 Å². The number of ether oxygens (including phenoxy) is 4. The summed E-state index contributed by atoms with van der Waals surface area (Å²) in [4.78, 5) is 46.9. The topological polar surface area (TPSA) is 132 Å². The van der Waals surface area contributed by atoms with Gasteiger partial charge in [0.25, 0.3) is 0 Å². The lowest BCUT2D eigenvalue weighted by molar-refractivity contribution is -0.239. The molecule has 0 bridgehead atoms. The number of hydrogen-bond acceptors (Lipinski definition) is 10. The van der Waals surface area contributed by atoms with Crippen LogP contribution in [-0.2, 0) is 33.3 Å². The van der Waals surface area contributed by atoms with E-state index < -0.39 is 42.4 Å². The normalized spacial score (nSPS) is 24.2. The van der Waals surface area contributed by atoms with Gasteiger partial charge in [-0.2, -0.15) is 4.98 Å². The standard InChI is InChI=1S/C16H16Cl2N4O7/c1-6(23)27-9-4-26-15(12(29-8(3)25)11(9)28-7(2)24)22-5-19-10-13(17)20-16(18)21-14(10)22/h5,9,11-12,15H,4H2,1-3H3. The molecule has 29 heavy (non-hydrogen) atoms. The lowest BCUT2D eigenvalue weighted by atomic mass is 10.0. The van der Waals surface area contributed by atoms with E-state index in [9.17, 15) is 14.4 Å². The van der Waals surface area contributed by atoms with Gasteiger partial charge in [0.15, 0.2) is 35.3 Å². The number of imidazole rings is 1. The molecule has 1 fully saturated rings. The second-order valence-electron chi connectivity index (χ2n) is 6.13. The molecule has 0 aliphatic carbocycles. The summed E-state index contributed by atoms with van der Waals surface area (Å²) in [5, 5.41) is -0.105. The van der Waals surface area contributed by atoms with Gasteiger partial charge in [0.1, 0.15) is 5.52 Å². The summed E-state index contributed by atoms with van der Waals surface area (Å²) in [7, 11) is 0. The van der Waals surface area contributed by atoms with Crippen LogP contribution in [0.25, 0.3) is 11.2 Å². The monoisotopic (exact) mass is 446 g/mol. The van der Waals surface area contributed by atoms with Gasteiger partial charge in [0, 0.05) is 20.8 Å². The summed E-state index contributed by atoms with van der Waals surface area (Å²) in [5.41, 5.74) is 0.456. The highest BCUT2D eigenvalue weighted by Crippen LogP contribution is 2.33. The lowest BCUT2D eigenvalue weighted by Crippen LogP contribution is -2.55. The Morgan fingerprint density at radius 2 is 1.66 bits per heavy atom. The van der Waals surface area contributed by atoms with E-state index in [1.54, 1.807) is 0 Å². The van der Waals surface area contributed by atoms with Crippen molar-refractivity contribution >= 4 is 52.3 Å². The van der Waals surface area contributed by atoms with Gasteiger partial charge in [-0.05, 0) is 11.6 Å². The number of carbonyl (C=O) groups is 3. The fraction of sp³-hybridized carbons (Fsp3) is 0.500. The first-order valence-corrected chi connectivity index (χ1v) is 9.11. The summed E-state index contributed by atoms with van der Waals surface area (Å²) in [6.45, 7) is 3.41. The number of fused-ring (bicyclic) bond motifs is 1. The maximum absolute atomic E-state index is 11.7. The Bertz CT molecular complexity index is 966. The zero-order valence-corrected chi connectivity index (χ0v) is 17.0. The fourth-order valence-corrected chi connectivity index (χ4v) is 3.43. The van der Waals surface area contributed by atoms with E-state index in [2.05, 4.69) is 15.0 Å². The van der Waals surface area contributed by atoms with Crippen molar-refractivity contribution in [2.45, 2.75) is 45.3 Å². The van der Waals surface area contributed by atoms with Gasteiger partial charge in [0.2, 0.25) is 5.28 Å². The molecule has 156 valence electrons. The molecular formula is C16H16Cl2N4O7. The molecule has 0 radical (unpaired) electrons. The molecule has 2 aromatic rings. The molecule has 11 nitrogen and oxygen atoms in total. The van der Waals surface area contributed by atoms with Gasteiger partial charge < -0.3 is 18.9 Å². The molecule has 1 aliphatic rings. The highest BCUT2D eigenvalue weighted by atomic mass is 35.5. The van der Waals surface area contributed by atoms with E-state index in [4.69, 9.17) is 42.1 Å². The van der Waals surface area contributed by atoms with Crippen molar-refractivity contribution in [1.29, 1.82) is 0 Å². The van der Waals surface area contributed by atoms with E-state index in [-0.39, 0.29) is 28.2 Å². The summed E-state index contributed by atoms with van der Waals surface area (Å²) in [6.07, 6.45) is -2.99. The first-order chi connectivity index (χ1) is 13.7. The SMILES string of the molecule is CC(=O)OC1COC(n2cnc3c(Cl)nc(Cl)nc32)C(OC(C)=O)C1OC(C)=O. The lowest BCUT2D eigenvalue weighted by Gasteiger charge is -2.40. The van der Waals surface area contributed by atoms with Crippen molar-refractivity contribution in [3.05, 3.63) is 16.8 Å². The van der Waals surface area contributed by atoms with E-state index in [0.29, 0.717) is 0 Å². The molecule has 2 aromatic heterocycles. The number of hydrogen-bond donors (Lipinski definition) is 0. The number of rotatable bonds is 4. The molecule has 13 heteroatoms. The van der Waals surface area contributed by atoms with Crippen LogP contribution in [0.1, 0.15) is 27.0 Å². The Morgan fingerprint density at radius 1 is 1.03 bits per heavy atom. The quantitative estimate of drug-likeness (QED) is 0.294. The zero-order valence-electron chi connectivity index (χ0n) is 15.5. The van der Waals surface area contributed by atoms with Gasteiger partial charge in [0.05, 0.1) is 12.9 Å².